The molecular weight excluding hydrogens is 128 g/mol. The van der Waals surface area contributed by atoms with Gasteiger partial charge in [-0.25, -0.2) is 4.99 Å². The van der Waals surface area contributed by atoms with Gasteiger partial charge in [0.25, 0.3) is 5.91 Å². The Balaban J connectivity index is 2.34. The van der Waals surface area contributed by atoms with Crippen LogP contribution in [0.5, 0.6) is 0 Å². The Hall–Kier alpha value is -1.25. The van der Waals surface area contributed by atoms with Crippen LogP contribution in [0.25, 0.3) is 0 Å². The third-order valence-electron chi connectivity index (χ3n) is 1.67. The molecule has 0 fully saturated rings. The quantitative estimate of drug-likeness (QED) is 0.467. The molecule has 0 aliphatic carbocycles. The van der Waals surface area contributed by atoms with Crippen LogP contribution < -0.4 is 0 Å². The Morgan fingerprint density at radius 2 is 2.40 bits per heavy atom. The Morgan fingerprint density at radius 3 is 3.20 bits per heavy atom. The second-order valence-electron chi connectivity index (χ2n) is 2.32. The van der Waals surface area contributed by atoms with Crippen molar-refractivity contribution < 1.29 is 4.79 Å². The van der Waals surface area contributed by atoms with Crippen LogP contribution >= 0.6 is 0 Å². The van der Waals surface area contributed by atoms with Crippen molar-refractivity contribution in [1.29, 1.82) is 0 Å². The summed E-state index contributed by atoms with van der Waals surface area (Å²) in [4.78, 5) is 18.6. The van der Waals surface area contributed by atoms with E-state index in [2.05, 4.69) is 9.98 Å². The lowest BCUT2D eigenvalue weighted by molar-refractivity contribution is -0.119. The van der Waals surface area contributed by atoms with E-state index in [0.29, 0.717) is 0 Å². The molecule has 2 heterocycles. The van der Waals surface area contributed by atoms with Gasteiger partial charge in [-0.15, -0.1) is 0 Å². The second kappa shape index (κ2) is 1.87. The topological polar surface area (TPSA) is 41.8 Å². The first-order valence-electron chi connectivity index (χ1n) is 3.16. The van der Waals surface area contributed by atoms with Crippen molar-refractivity contribution in [2.45, 2.75) is 6.04 Å². The summed E-state index contributed by atoms with van der Waals surface area (Å²) in [6.45, 7) is 0. The summed E-state index contributed by atoms with van der Waals surface area (Å²) in [5.41, 5.74) is 0. The van der Waals surface area contributed by atoms with Crippen LogP contribution in [0.3, 0.4) is 0 Å². The molecule has 2 aliphatic heterocycles. The van der Waals surface area contributed by atoms with Gasteiger partial charge < -0.3 is 0 Å². The molecule has 0 saturated carbocycles. The molecule has 0 spiro atoms. The van der Waals surface area contributed by atoms with Gasteiger partial charge in [-0.3, -0.25) is 9.79 Å². The first-order valence-corrected chi connectivity index (χ1v) is 3.16. The molecule has 1 amide bonds. The van der Waals surface area contributed by atoms with Gasteiger partial charge in [0.1, 0.15) is 6.04 Å². The van der Waals surface area contributed by atoms with E-state index in [1.54, 1.807) is 18.5 Å². The molecule has 3 heteroatoms. The zero-order valence-corrected chi connectivity index (χ0v) is 5.27. The van der Waals surface area contributed by atoms with Crippen molar-refractivity contribution in [3.8, 4) is 0 Å². The van der Waals surface area contributed by atoms with E-state index in [4.69, 9.17) is 0 Å². The summed E-state index contributed by atoms with van der Waals surface area (Å²) in [6, 6.07) is -0.0162. The number of hydrogen-bond acceptors (Lipinski definition) is 2. The van der Waals surface area contributed by atoms with Gasteiger partial charge in [-0.1, -0.05) is 6.08 Å². The average Bonchev–Trinajstić information content (AvgIpc) is 2.34. The fraction of sp³-hybridized carbons (Fsp3) is 0.286. The van der Waals surface area contributed by atoms with E-state index in [-0.39, 0.29) is 17.9 Å². The van der Waals surface area contributed by atoms with Crippen LogP contribution in [-0.4, -0.2) is 24.4 Å². The van der Waals surface area contributed by atoms with Gasteiger partial charge in [-0.2, -0.15) is 0 Å². The van der Waals surface area contributed by atoms with E-state index < -0.39 is 0 Å². The second-order valence-corrected chi connectivity index (χ2v) is 2.32. The highest BCUT2D eigenvalue weighted by Gasteiger charge is 2.29. The first-order chi connectivity index (χ1) is 4.88. The molecule has 0 aromatic carbocycles. The lowest BCUT2D eigenvalue weighted by Gasteiger charge is -2.09. The number of rotatable bonds is 0. The smallest absolute Gasteiger partial charge is 0.254 e. The van der Waals surface area contributed by atoms with Gasteiger partial charge >= 0.3 is 0 Å². The van der Waals surface area contributed by atoms with Gasteiger partial charge in [0.05, 0.1) is 5.92 Å². The number of nitrogens with zero attached hydrogens (tertiary/aromatic N) is 2. The summed E-state index contributed by atoms with van der Waals surface area (Å²) >= 11 is 0. The zero-order chi connectivity index (χ0) is 6.97. The zero-order valence-electron chi connectivity index (χ0n) is 5.27. The fourth-order valence-electron chi connectivity index (χ4n) is 1.12. The molecule has 2 unspecified atom stereocenters. The molecule has 2 atom stereocenters. The van der Waals surface area contributed by atoms with Crippen molar-refractivity contribution in [2.75, 3.05) is 0 Å². The molecule has 0 aromatic rings. The highest BCUT2D eigenvalue weighted by molar-refractivity contribution is 6.00. The molecule has 0 radical (unpaired) electrons. The Bertz CT molecular complexity index is 250. The highest BCUT2D eigenvalue weighted by Crippen LogP contribution is 2.18. The third-order valence-corrected chi connectivity index (χ3v) is 1.67. The van der Waals surface area contributed by atoms with Crippen molar-refractivity contribution in [3.05, 3.63) is 12.2 Å². The van der Waals surface area contributed by atoms with E-state index in [1.807, 2.05) is 6.08 Å². The SMILES string of the molecule is O=C1N=CC2N=CC=CC12. The predicted octanol–water partition coefficient (Wildman–Crippen LogP) is 0.223. The van der Waals surface area contributed by atoms with Crippen LogP contribution in [0.15, 0.2) is 22.1 Å². The standard InChI is InChI=1S/C7H6N2O/c10-7-5-2-1-3-8-6(5)4-9-7/h1-6H. The summed E-state index contributed by atoms with van der Waals surface area (Å²) in [7, 11) is 0. The summed E-state index contributed by atoms with van der Waals surface area (Å²) < 4.78 is 0. The third kappa shape index (κ3) is 0.635. The molecular formula is C7H6N2O. The van der Waals surface area contributed by atoms with Gasteiger partial charge in [0.2, 0.25) is 0 Å². The lowest BCUT2D eigenvalue weighted by Crippen LogP contribution is -2.20. The largest absolute Gasteiger partial charge is 0.283 e. The Kier molecular flexibility index (Phi) is 1.03. The number of hydrogen-bond donors (Lipinski definition) is 0. The summed E-state index contributed by atoms with van der Waals surface area (Å²) in [5.74, 6) is -0.178. The molecule has 3 nitrogen and oxygen atoms in total. The highest BCUT2D eigenvalue weighted by atomic mass is 16.1. The van der Waals surface area contributed by atoms with E-state index >= 15 is 0 Å². The van der Waals surface area contributed by atoms with Crippen LogP contribution in [0.4, 0.5) is 0 Å². The van der Waals surface area contributed by atoms with Crippen molar-refractivity contribution in [2.24, 2.45) is 15.9 Å². The van der Waals surface area contributed by atoms with E-state index in [0.717, 1.165) is 0 Å². The van der Waals surface area contributed by atoms with Crippen LogP contribution in [0.2, 0.25) is 0 Å². The Labute approximate surface area is 58.2 Å². The molecule has 0 bridgehead atoms. The molecule has 0 saturated heterocycles. The number of aliphatic imine (C=N–C) groups is 2. The maximum Gasteiger partial charge on any atom is 0.254 e. The summed E-state index contributed by atoms with van der Waals surface area (Å²) in [6.07, 6.45) is 6.93. The van der Waals surface area contributed by atoms with Gasteiger partial charge in [0, 0.05) is 12.4 Å². The number of carbonyl (C=O) groups is 1. The van der Waals surface area contributed by atoms with E-state index in [1.165, 1.54) is 0 Å². The fourth-order valence-corrected chi connectivity index (χ4v) is 1.12. The van der Waals surface area contributed by atoms with Crippen LogP contribution in [0.1, 0.15) is 0 Å². The maximum atomic E-state index is 10.9. The number of fused-ring (bicyclic) bond motifs is 1. The minimum atomic E-state index is -0.106. The molecule has 50 valence electrons. The van der Waals surface area contributed by atoms with Crippen molar-refractivity contribution in [1.82, 2.24) is 0 Å². The Morgan fingerprint density at radius 1 is 1.50 bits per heavy atom. The number of dihydropyridines is 1. The maximum absolute atomic E-state index is 10.9. The van der Waals surface area contributed by atoms with E-state index in [9.17, 15) is 4.79 Å². The van der Waals surface area contributed by atoms with Crippen molar-refractivity contribution >= 4 is 18.3 Å². The molecule has 0 aromatic heterocycles. The average molecular weight is 134 g/mol. The van der Waals surface area contributed by atoms with Gasteiger partial charge in [0.15, 0.2) is 0 Å². The lowest BCUT2D eigenvalue weighted by atomic mass is 10.0. The summed E-state index contributed by atoms with van der Waals surface area (Å²) in [5, 5.41) is 0. The van der Waals surface area contributed by atoms with Crippen LogP contribution in [0, 0.1) is 5.92 Å². The normalized spacial score (nSPS) is 35.0. The number of amides is 1. The minimum absolute atomic E-state index is 0.0162. The molecule has 2 rings (SSSR count). The minimum Gasteiger partial charge on any atom is -0.283 e. The van der Waals surface area contributed by atoms with Crippen LogP contribution in [-0.2, 0) is 4.79 Å². The molecule has 2 aliphatic rings. The molecule has 10 heavy (non-hydrogen) atoms. The monoisotopic (exact) mass is 134 g/mol. The number of allylic oxidation sites excluding steroid dienone is 1. The number of carbonyl (C=O) groups excluding carboxylic acids is 1. The first kappa shape index (κ1) is 5.53. The molecule has 0 N–H and O–H groups in total. The predicted molar refractivity (Wildman–Crippen MR) is 38.4 cm³/mol. The van der Waals surface area contributed by atoms with Gasteiger partial charge in [-0.05, 0) is 6.08 Å². The van der Waals surface area contributed by atoms with Crippen molar-refractivity contribution in [3.63, 3.8) is 0 Å².